The van der Waals surface area contributed by atoms with Crippen molar-refractivity contribution in [1.82, 2.24) is 20.2 Å². The maximum atomic E-state index is 12.2. The van der Waals surface area contributed by atoms with Crippen molar-refractivity contribution in [2.45, 2.75) is 0 Å². The molecule has 1 aromatic heterocycles. The topological polar surface area (TPSA) is 75.2 Å². The van der Waals surface area contributed by atoms with E-state index < -0.39 is 11.8 Å². The molecule has 2 rings (SSSR count). The van der Waals surface area contributed by atoms with Crippen molar-refractivity contribution in [3.05, 3.63) is 42.5 Å². The molecule has 1 N–H and O–H groups in total. The minimum absolute atomic E-state index is 0.00903. The number of hydrogen-bond donors (Lipinski definition) is 1. The van der Waals surface area contributed by atoms with Crippen LogP contribution in [0.4, 0.5) is 0 Å². The molecule has 7 heteroatoms. The summed E-state index contributed by atoms with van der Waals surface area (Å²) >= 11 is 4.94. The van der Waals surface area contributed by atoms with Crippen molar-refractivity contribution < 1.29 is 9.59 Å². The highest BCUT2D eigenvalue weighted by Gasteiger charge is 2.32. The van der Waals surface area contributed by atoms with Crippen LogP contribution in [0.25, 0.3) is 6.08 Å². The van der Waals surface area contributed by atoms with Crippen molar-refractivity contribution >= 4 is 35.2 Å². The van der Waals surface area contributed by atoms with Crippen LogP contribution in [0.1, 0.15) is 5.56 Å². The van der Waals surface area contributed by atoms with Gasteiger partial charge in [0.2, 0.25) is 0 Å². The number of nitrogens with one attached hydrogen (secondary N) is 1. The first-order valence-electron chi connectivity index (χ1n) is 5.38. The van der Waals surface area contributed by atoms with E-state index >= 15 is 0 Å². The van der Waals surface area contributed by atoms with E-state index in [1.165, 1.54) is 35.8 Å². The lowest BCUT2D eigenvalue weighted by atomic mass is 10.1. The second kappa shape index (κ2) is 5.49. The molecule has 1 saturated heterocycles. The fourth-order valence-corrected chi connectivity index (χ4v) is 1.79. The molecular weight excluding hydrogens is 264 g/mol. The molecule has 0 atom stereocenters. The predicted molar refractivity (Wildman–Crippen MR) is 72.7 cm³/mol. The molecule has 6 nitrogen and oxygen atoms in total. The molecule has 19 heavy (non-hydrogen) atoms. The zero-order chi connectivity index (χ0) is 13.8. The standard InChI is InChI=1S/C12H10N4O2S/c1-2-3-16-11(18)9(10(17)15-12(16)19)4-8-5-13-7-14-6-8/h2,4-7H,1,3H2,(H,15,17,19)/b9-4+. The molecule has 0 saturated carbocycles. The summed E-state index contributed by atoms with van der Waals surface area (Å²) in [6.45, 7) is 3.78. The summed E-state index contributed by atoms with van der Waals surface area (Å²) in [6, 6.07) is 0. The van der Waals surface area contributed by atoms with Crippen LogP contribution < -0.4 is 5.32 Å². The third kappa shape index (κ3) is 2.71. The molecule has 0 unspecified atom stereocenters. The fraction of sp³-hybridized carbons (Fsp3) is 0.0833. The maximum Gasteiger partial charge on any atom is 0.265 e. The predicted octanol–water partition coefficient (Wildman–Crippen LogP) is 0.289. The third-order valence-electron chi connectivity index (χ3n) is 2.39. The summed E-state index contributed by atoms with van der Waals surface area (Å²) in [4.78, 5) is 32.8. The molecule has 0 aromatic carbocycles. The molecule has 0 bridgehead atoms. The number of carbonyl (C=O) groups is 2. The molecule has 0 spiro atoms. The van der Waals surface area contributed by atoms with Crippen molar-refractivity contribution in [3.8, 4) is 0 Å². The van der Waals surface area contributed by atoms with Gasteiger partial charge in [0.25, 0.3) is 11.8 Å². The Bertz CT molecular complexity index is 583. The third-order valence-corrected chi connectivity index (χ3v) is 2.71. The molecule has 96 valence electrons. The maximum absolute atomic E-state index is 12.2. The summed E-state index contributed by atoms with van der Waals surface area (Å²) in [6.07, 6.45) is 7.33. The Balaban J connectivity index is 2.36. The first-order chi connectivity index (χ1) is 9.13. The van der Waals surface area contributed by atoms with Crippen molar-refractivity contribution in [2.24, 2.45) is 0 Å². The van der Waals surface area contributed by atoms with Gasteiger partial charge in [-0.15, -0.1) is 6.58 Å². The first kappa shape index (κ1) is 13.0. The van der Waals surface area contributed by atoms with Crippen LogP contribution in [0.15, 0.2) is 36.9 Å². The van der Waals surface area contributed by atoms with Crippen LogP contribution in [-0.4, -0.2) is 38.3 Å². The highest BCUT2D eigenvalue weighted by atomic mass is 32.1. The van der Waals surface area contributed by atoms with Crippen molar-refractivity contribution in [1.29, 1.82) is 0 Å². The van der Waals surface area contributed by atoms with E-state index in [0.717, 1.165) is 0 Å². The Morgan fingerprint density at radius 3 is 2.68 bits per heavy atom. The molecule has 2 heterocycles. The van der Waals surface area contributed by atoms with E-state index in [4.69, 9.17) is 12.2 Å². The molecule has 1 aliphatic rings. The molecule has 2 amide bonds. The molecule has 0 aliphatic carbocycles. The highest BCUT2D eigenvalue weighted by Crippen LogP contribution is 2.13. The average molecular weight is 274 g/mol. The van der Waals surface area contributed by atoms with Crippen LogP contribution >= 0.6 is 12.2 Å². The van der Waals surface area contributed by atoms with Gasteiger partial charge in [0.15, 0.2) is 5.11 Å². The van der Waals surface area contributed by atoms with E-state index in [1.54, 1.807) is 0 Å². The number of thiocarbonyl (C=S) groups is 1. The van der Waals surface area contributed by atoms with Crippen LogP contribution in [-0.2, 0) is 9.59 Å². The lowest BCUT2D eigenvalue weighted by Gasteiger charge is -2.27. The number of carbonyl (C=O) groups excluding carboxylic acids is 2. The summed E-state index contributed by atoms with van der Waals surface area (Å²) in [7, 11) is 0. The monoisotopic (exact) mass is 274 g/mol. The van der Waals surface area contributed by atoms with E-state index in [9.17, 15) is 9.59 Å². The van der Waals surface area contributed by atoms with Crippen LogP contribution in [0.2, 0.25) is 0 Å². The van der Waals surface area contributed by atoms with Gasteiger partial charge in [0.1, 0.15) is 11.9 Å². The number of amides is 2. The van der Waals surface area contributed by atoms with Gasteiger partial charge < -0.3 is 0 Å². The lowest BCUT2D eigenvalue weighted by molar-refractivity contribution is -0.128. The minimum Gasteiger partial charge on any atom is -0.298 e. The number of rotatable bonds is 3. The smallest absolute Gasteiger partial charge is 0.265 e. The second-order valence-electron chi connectivity index (χ2n) is 3.69. The Hall–Kier alpha value is -2.41. The SMILES string of the molecule is C=CCN1C(=O)/C(=C/c2cncnc2)C(=O)NC1=S. The largest absolute Gasteiger partial charge is 0.298 e. The van der Waals surface area contributed by atoms with Crippen molar-refractivity contribution in [3.63, 3.8) is 0 Å². The van der Waals surface area contributed by atoms with Gasteiger partial charge in [0, 0.05) is 24.5 Å². The normalized spacial score (nSPS) is 17.6. The molecule has 0 radical (unpaired) electrons. The number of hydrogen-bond acceptors (Lipinski definition) is 5. The molecule has 1 fully saturated rings. The van der Waals surface area contributed by atoms with E-state index in [-0.39, 0.29) is 17.2 Å². The van der Waals surface area contributed by atoms with Gasteiger partial charge in [-0.25, -0.2) is 9.97 Å². The van der Waals surface area contributed by atoms with Gasteiger partial charge in [-0.2, -0.15) is 0 Å². The summed E-state index contributed by atoms with van der Waals surface area (Å²) in [5.41, 5.74) is 0.553. The minimum atomic E-state index is -0.529. The average Bonchev–Trinajstić information content (AvgIpc) is 2.41. The van der Waals surface area contributed by atoms with Crippen LogP contribution in [0.5, 0.6) is 0 Å². The summed E-state index contributed by atoms with van der Waals surface area (Å²) in [5.74, 6) is -0.989. The molecule has 1 aromatic rings. The van der Waals surface area contributed by atoms with Crippen molar-refractivity contribution in [2.75, 3.05) is 6.54 Å². The Labute approximate surface area is 114 Å². The first-order valence-corrected chi connectivity index (χ1v) is 5.79. The van der Waals surface area contributed by atoms with Gasteiger partial charge in [-0.3, -0.25) is 19.8 Å². The zero-order valence-electron chi connectivity index (χ0n) is 9.87. The zero-order valence-corrected chi connectivity index (χ0v) is 10.7. The lowest BCUT2D eigenvalue weighted by Crippen LogP contribution is -2.53. The fourth-order valence-electron chi connectivity index (χ4n) is 1.54. The van der Waals surface area contributed by atoms with Gasteiger partial charge >= 0.3 is 0 Å². The van der Waals surface area contributed by atoms with Crippen LogP contribution in [0.3, 0.4) is 0 Å². The Morgan fingerprint density at radius 1 is 1.37 bits per heavy atom. The van der Waals surface area contributed by atoms with E-state index in [0.29, 0.717) is 5.56 Å². The quantitative estimate of drug-likeness (QED) is 0.371. The summed E-state index contributed by atoms with van der Waals surface area (Å²) < 4.78 is 0. The Morgan fingerprint density at radius 2 is 2.05 bits per heavy atom. The molecular formula is C12H10N4O2S. The van der Waals surface area contributed by atoms with Gasteiger partial charge in [0.05, 0.1) is 0 Å². The van der Waals surface area contributed by atoms with Crippen LogP contribution in [0, 0.1) is 0 Å². The Kier molecular flexibility index (Phi) is 3.76. The van der Waals surface area contributed by atoms with E-state index in [2.05, 4.69) is 21.9 Å². The second-order valence-corrected chi connectivity index (χ2v) is 4.08. The number of nitrogens with zero attached hydrogens (tertiary/aromatic N) is 3. The summed E-state index contributed by atoms with van der Waals surface area (Å²) in [5, 5.41) is 2.54. The molecule has 1 aliphatic heterocycles. The highest BCUT2D eigenvalue weighted by molar-refractivity contribution is 7.80. The van der Waals surface area contributed by atoms with Gasteiger partial charge in [-0.05, 0) is 18.3 Å². The van der Waals surface area contributed by atoms with Gasteiger partial charge in [-0.1, -0.05) is 6.08 Å². The van der Waals surface area contributed by atoms with E-state index in [1.807, 2.05) is 0 Å². The number of aromatic nitrogens is 2.